The molecule has 0 saturated heterocycles. The van der Waals surface area contributed by atoms with E-state index < -0.39 is 5.97 Å². The number of benzene rings is 1. The molecule has 1 aromatic carbocycles. The van der Waals surface area contributed by atoms with Crippen LogP contribution >= 0.6 is 11.3 Å². The van der Waals surface area contributed by atoms with Crippen LogP contribution in [0.1, 0.15) is 27.3 Å². The number of carboxylic acid groups (broad SMARTS) is 1. The van der Waals surface area contributed by atoms with E-state index >= 15 is 0 Å². The summed E-state index contributed by atoms with van der Waals surface area (Å²) in [5, 5.41) is 17.8. The normalized spacial score (nSPS) is 10.0. The Labute approximate surface area is 120 Å². The van der Waals surface area contributed by atoms with Crippen molar-refractivity contribution >= 4 is 17.3 Å². The van der Waals surface area contributed by atoms with Crippen LogP contribution in [0.5, 0.6) is 10.9 Å². The van der Waals surface area contributed by atoms with Gasteiger partial charge in [0, 0.05) is 6.42 Å². The Morgan fingerprint density at radius 1 is 1.45 bits per heavy atom. The van der Waals surface area contributed by atoms with Gasteiger partial charge >= 0.3 is 5.97 Å². The first kappa shape index (κ1) is 14.0. The van der Waals surface area contributed by atoms with Crippen molar-refractivity contribution < 1.29 is 14.6 Å². The van der Waals surface area contributed by atoms with Crippen molar-refractivity contribution in [1.82, 2.24) is 4.98 Å². The summed E-state index contributed by atoms with van der Waals surface area (Å²) in [6.07, 6.45) is 1.18. The summed E-state index contributed by atoms with van der Waals surface area (Å²) in [6.45, 7) is 1.64. The molecule has 102 valence electrons. The fourth-order valence-corrected chi connectivity index (χ4v) is 2.41. The molecule has 0 atom stereocenters. The topological polar surface area (TPSA) is 83.2 Å². The van der Waals surface area contributed by atoms with E-state index in [-0.39, 0.29) is 4.88 Å². The molecule has 20 heavy (non-hydrogen) atoms. The molecule has 0 aliphatic carbocycles. The zero-order valence-corrected chi connectivity index (χ0v) is 11.6. The van der Waals surface area contributed by atoms with Crippen molar-refractivity contribution in [3.05, 3.63) is 40.4 Å². The minimum Gasteiger partial charge on any atom is -0.477 e. The maximum atomic E-state index is 10.9. The number of aromatic carboxylic acids is 1. The van der Waals surface area contributed by atoms with Crippen LogP contribution in [0.15, 0.2) is 24.3 Å². The van der Waals surface area contributed by atoms with Gasteiger partial charge in [-0.05, 0) is 31.0 Å². The lowest BCUT2D eigenvalue weighted by molar-refractivity contribution is 0.0701. The quantitative estimate of drug-likeness (QED) is 0.911. The van der Waals surface area contributed by atoms with Crippen LogP contribution in [-0.2, 0) is 6.42 Å². The van der Waals surface area contributed by atoms with E-state index in [2.05, 4.69) is 11.1 Å². The number of ether oxygens (including phenoxy) is 1. The van der Waals surface area contributed by atoms with Crippen LogP contribution < -0.4 is 4.74 Å². The van der Waals surface area contributed by atoms with Crippen LogP contribution in [0.4, 0.5) is 0 Å². The van der Waals surface area contributed by atoms with Crippen molar-refractivity contribution in [2.45, 2.75) is 19.8 Å². The molecule has 0 fully saturated rings. The lowest BCUT2D eigenvalue weighted by atomic mass is 10.1. The molecule has 2 aromatic rings. The van der Waals surface area contributed by atoms with Gasteiger partial charge in [-0.2, -0.15) is 5.26 Å². The number of carbonyl (C=O) groups is 1. The molecule has 1 N–H and O–H groups in total. The minimum absolute atomic E-state index is 0.186. The zero-order chi connectivity index (χ0) is 14.5. The van der Waals surface area contributed by atoms with E-state index in [0.29, 0.717) is 29.5 Å². The molecule has 0 bridgehead atoms. The molecule has 0 amide bonds. The number of aryl methyl sites for hydroxylation is 2. The summed E-state index contributed by atoms with van der Waals surface area (Å²) in [5.41, 5.74) is 1.50. The summed E-state index contributed by atoms with van der Waals surface area (Å²) in [7, 11) is 0. The molecule has 6 heteroatoms. The number of rotatable bonds is 5. The highest BCUT2D eigenvalue weighted by molar-refractivity contribution is 7.15. The number of nitrogens with zero attached hydrogens (tertiary/aromatic N) is 2. The number of aromatic nitrogens is 1. The Balaban J connectivity index is 2.08. The van der Waals surface area contributed by atoms with Crippen LogP contribution in [0, 0.1) is 18.3 Å². The molecule has 0 aliphatic rings. The number of hydrogen-bond acceptors (Lipinski definition) is 5. The molecular formula is C14H12N2O3S. The molecule has 0 saturated carbocycles. The molecule has 0 unspecified atom stereocenters. The molecule has 2 rings (SSSR count). The van der Waals surface area contributed by atoms with Crippen molar-refractivity contribution in [3.8, 4) is 17.0 Å². The zero-order valence-electron chi connectivity index (χ0n) is 10.8. The van der Waals surface area contributed by atoms with Gasteiger partial charge in [-0.3, -0.25) is 0 Å². The standard InChI is InChI=1S/C14H12N2O3S/c1-9-12(13(17)18)20-14(16-9)19-11-6-4-10(5-7-11)3-2-8-15/h4-7H,2-3H2,1H3,(H,17,18). The summed E-state index contributed by atoms with van der Waals surface area (Å²) < 4.78 is 5.53. The van der Waals surface area contributed by atoms with Gasteiger partial charge in [0.1, 0.15) is 10.6 Å². The Hall–Kier alpha value is -2.39. The predicted molar refractivity (Wildman–Crippen MR) is 74.3 cm³/mol. The Kier molecular flexibility index (Phi) is 4.33. The highest BCUT2D eigenvalue weighted by Gasteiger charge is 2.15. The van der Waals surface area contributed by atoms with Crippen LogP contribution in [-0.4, -0.2) is 16.1 Å². The highest BCUT2D eigenvalue weighted by atomic mass is 32.1. The molecule has 0 spiro atoms. The second-order valence-electron chi connectivity index (χ2n) is 4.10. The fourth-order valence-electron chi connectivity index (χ4n) is 1.64. The molecule has 0 aliphatic heterocycles. The third-order valence-electron chi connectivity index (χ3n) is 2.63. The molecular weight excluding hydrogens is 276 g/mol. The largest absolute Gasteiger partial charge is 0.477 e. The van der Waals surface area contributed by atoms with Gasteiger partial charge in [0.2, 0.25) is 0 Å². The predicted octanol–water partition coefficient (Wildman–Crippen LogP) is 3.40. The second kappa shape index (κ2) is 6.17. The van der Waals surface area contributed by atoms with Crippen LogP contribution in [0.3, 0.4) is 0 Å². The van der Waals surface area contributed by atoms with Crippen LogP contribution in [0.25, 0.3) is 0 Å². The van der Waals surface area contributed by atoms with E-state index in [1.165, 1.54) is 0 Å². The third-order valence-corrected chi connectivity index (χ3v) is 3.65. The van der Waals surface area contributed by atoms with Gasteiger partial charge < -0.3 is 9.84 Å². The maximum Gasteiger partial charge on any atom is 0.347 e. The van der Waals surface area contributed by atoms with Crippen molar-refractivity contribution in [2.75, 3.05) is 0 Å². The van der Waals surface area contributed by atoms with Gasteiger partial charge in [-0.1, -0.05) is 23.5 Å². The van der Waals surface area contributed by atoms with Crippen molar-refractivity contribution in [3.63, 3.8) is 0 Å². The molecule has 1 aromatic heterocycles. The van der Waals surface area contributed by atoms with Crippen molar-refractivity contribution in [1.29, 1.82) is 5.26 Å². The maximum absolute atomic E-state index is 10.9. The highest BCUT2D eigenvalue weighted by Crippen LogP contribution is 2.29. The first-order chi connectivity index (χ1) is 9.60. The number of thiazole rings is 1. The van der Waals surface area contributed by atoms with E-state index in [0.717, 1.165) is 16.9 Å². The summed E-state index contributed by atoms with van der Waals surface area (Å²) in [5.74, 6) is -0.405. The first-order valence-electron chi connectivity index (χ1n) is 5.94. The number of hydrogen-bond donors (Lipinski definition) is 1. The Morgan fingerprint density at radius 2 is 2.15 bits per heavy atom. The average Bonchev–Trinajstić information content (AvgIpc) is 2.79. The first-order valence-corrected chi connectivity index (χ1v) is 6.76. The van der Waals surface area contributed by atoms with Gasteiger partial charge in [-0.15, -0.1) is 0 Å². The van der Waals surface area contributed by atoms with E-state index in [1.807, 2.05) is 12.1 Å². The summed E-state index contributed by atoms with van der Waals surface area (Å²) >= 11 is 1.00. The van der Waals surface area contributed by atoms with E-state index in [9.17, 15) is 4.79 Å². The summed E-state index contributed by atoms with van der Waals surface area (Å²) in [6, 6.07) is 9.42. The third kappa shape index (κ3) is 3.33. The van der Waals surface area contributed by atoms with E-state index in [4.69, 9.17) is 15.1 Å². The number of nitriles is 1. The lowest BCUT2D eigenvalue weighted by Crippen LogP contribution is -1.94. The monoisotopic (exact) mass is 288 g/mol. The minimum atomic E-state index is -0.998. The molecule has 1 heterocycles. The summed E-state index contributed by atoms with van der Waals surface area (Å²) in [4.78, 5) is 15.2. The number of carboxylic acids is 1. The van der Waals surface area contributed by atoms with Gasteiger partial charge in [0.15, 0.2) is 0 Å². The lowest BCUT2D eigenvalue weighted by Gasteiger charge is -2.02. The molecule has 0 radical (unpaired) electrons. The smallest absolute Gasteiger partial charge is 0.347 e. The van der Waals surface area contributed by atoms with Gasteiger partial charge in [0.25, 0.3) is 5.19 Å². The average molecular weight is 288 g/mol. The Bertz CT molecular complexity index is 656. The van der Waals surface area contributed by atoms with Gasteiger partial charge in [-0.25, -0.2) is 9.78 Å². The fraction of sp³-hybridized carbons (Fsp3) is 0.214. The van der Waals surface area contributed by atoms with E-state index in [1.54, 1.807) is 19.1 Å². The second-order valence-corrected chi connectivity index (χ2v) is 5.07. The SMILES string of the molecule is Cc1nc(Oc2ccc(CCC#N)cc2)sc1C(=O)O. The Morgan fingerprint density at radius 3 is 2.70 bits per heavy atom. The van der Waals surface area contributed by atoms with Crippen molar-refractivity contribution in [2.24, 2.45) is 0 Å². The van der Waals surface area contributed by atoms with Crippen LogP contribution in [0.2, 0.25) is 0 Å². The molecule has 5 nitrogen and oxygen atoms in total. The van der Waals surface area contributed by atoms with Gasteiger partial charge in [0.05, 0.1) is 11.8 Å².